The highest BCUT2D eigenvalue weighted by Crippen LogP contribution is 2.04. The quantitative estimate of drug-likeness (QED) is 0.404. The summed E-state index contributed by atoms with van der Waals surface area (Å²) in [5.74, 6) is 0. The van der Waals surface area contributed by atoms with Gasteiger partial charge in [0.2, 0.25) is 0 Å². The normalized spacial score (nSPS) is 8.57. The molecule has 0 spiro atoms. The first-order valence-corrected chi connectivity index (χ1v) is 3.82. The molecule has 0 aliphatic rings. The zero-order chi connectivity index (χ0) is 10.2. The molecule has 1 heterocycles. The van der Waals surface area contributed by atoms with E-state index in [1.165, 1.54) is 0 Å². The fraction of sp³-hybridized carbons (Fsp3) is 0.286. The van der Waals surface area contributed by atoms with Crippen LogP contribution in [0, 0.1) is 0 Å². The first-order chi connectivity index (χ1) is 6.86. The molecule has 0 aromatic carbocycles. The van der Waals surface area contributed by atoms with Gasteiger partial charge in [-0.05, 0) is 28.8 Å². The first-order valence-electron chi connectivity index (χ1n) is 3.82. The Kier molecular flexibility index (Phi) is 3.82. The van der Waals surface area contributed by atoms with Crippen LogP contribution in [0.5, 0.6) is 0 Å². The van der Waals surface area contributed by atoms with Crippen LogP contribution >= 0.6 is 0 Å². The molecule has 0 amide bonds. The largest absolute Gasteiger partial charge is 0.261 e. The van der Waals surface area contributed by atoms with E-state index in [1.807, 2.05) is 0 Å². The van der Waals surface area contributed by atoms with Crippen LogP contribution in [0.25, 0.3) is 20.9 Å². The maximum Gasteiger partial charge on any atom is 0.0684 e. The third kappa shape index (κ3) is 3.02. The van der Waals surface area contributed by atoms with Gasteiger partial charge in [-0.3, -0.25) is 4.98 Å². The Hall–Kier alpha value is -2.23. The third-order valence-corrected chi connectivity index (χ3v) is 1.49. The monoisotopic (exact) mass is 189 g/mol. The van der Waals surface area contributed by atoms with E-state index in [1.54, 1.807) is 18.3 Å². The van der Waals surface area contributed by atoms with Crippen molar-refractivity contribution in [1.29, 1.82) is 0 Å². The molecule has 14 heavy (non-hydrogen) atoms. The number of pyridine rings is 1. The average molecular weight is 189 g/mol. The maximum atomic E-state index is 8.11. The summed E-state index contributed by atoms with van der Waals surface area (Å²) in [6, 6.07) is 3.48. The number of azide groups is 2. The highest BCUT2D eigenvalue weighted by atomic mass is 15.1. The summed E-state index contributed by atoms with van der Waals surface area (Å²) in [5, 5.41) is 6.79. The maximum absolute atomic E-state index is 8.11. The van der Waals surface area contributed by atoms with Gasteiger partial charge in [-0.25, -0.2) is 0 Å². The fourth-order valence-corrected chi connectivity index (χ4v) is 0.930. The van der Waals surface area contributed by atoms with Crippen molar-refractivity contribution in [3.8, 4) is 0 Å². The molecular weight excluding hydrogens is 182 g/mol. The molecule has 0 saturated heterocycles. The van der Waals surface area contributed by atoms with Crippen molar-refractivity contribution < 1.29 is 0 Å². The second-order valence-corrected chi connectivity index (χ2v) is 2.43. The number of rotatable bonds is 4. The lowest BCUT2D eigenvalue weighted by atomic mass is 10.2. The minimum absolute atomic E-state index is 0.209. The van der Waals surface area contributed by atoms with Gasteiger partial charge in [0.05, 0.1) is 13.1 Å². The van der Waals surface area contributed by atoms with Crippen LogP contribution in [0.2, 0.25) is 0 Å². The van der Waals surface area contributed by atoms with Gasteiger partial charge in [0.15, 0.2) is 0 Å². The van der Waals surface area contributed by atoms with E-state index in [0.29, 0.717) is 5.69 Å². The summed E-state index contributed by atoms with van der Waals surface area (Å²) < 4.78 is 0. The molecule has 70 valence electrons. The van der Waals surface area contributed by atoms with Crippen LogP contribution in [0.1, 0.15) is 11.3 Å². The second kappa shape index (κ2) is 5.42. The van der Waals surface area contributed by atoms with Crippen molar-refractivity contribution >= 4 is 0 Å². The summed E-state index contributed by atoms with van der Waals surface area (Å²) in [4.78, 5) is 9.26. The zero-order valence-corrected chi connectivity index (χ0v) is 7.28. The van der Waals surface area contributed by atoms with Gasteiger partial charge >= 0.3 is 0 Å². The Labute approximate surface area is 79.6 Å². The third-order valence-electron chi connectivity index (χ3n) is 1.49. The van der Waals surface area contributed by atoms with Crippen molar-refractivity contribution in [3.63, 3.8) is 0 Å². The molecule has 0 aliphatic carbocycles. The van der Waals surface area contributed by atoms with Crippen molar-refractivity contribution in [1.82, 2.24) is 4.98 Å². The molecule has 1 aromatic rings. The molecule has 0 atom stereocenters. The smallest absolute Gasteiger partial charge is 0.0684 e. The van der Waals surface area contributed by atoms with Gasteiger partial charge in [0.1, 0.15) is 0 Å². The predicted octanol–water partition coefficient (Wildman–Crippen LogP) is 2.70. The molecule has 0 aliphatic heterocycles. The van der Waals surface area contributed by atoms with Crippen LogP contribution in [-0.4, -0.2) is 4.98 Å². The number of aromatic nitrogens is 1. The SMILES string of the molecule is [N-]=[N+]=NCc1ccnc(CN=[N+]=[N-])c1. The molecule has 0 unspecified atom stereocenters. The Balaban J connectivity index is 2.77. The lowest BCUT2D eigenvalue weighted by molar-refractivity contribution is 0.949. The summed E-state index contributed by atoms with van der Waals surface area (Å²) in [7, 11) is 0. The molecule has 1 aromatic heterocycles. The van der Waals surface area contributed by atoms with E-state index < -0.39 is 0 Å². The van der Waals surface area contributed by atoms with Gasteiger partial charge in [0.25, 0.3) is 0 Å². The standard InChI is InChI=1S/C7H7N7/c8-13-11-4-6-1-2-10-7(3-6)5-12-14-9/h1-3H,4-5H2. The zero-order valence-electron chi connectivity index (χ0n) is 7.28. The van der Waals surface area contributed by atoms with Crippen LogP contribution in [0.4, 0.5) is 0 Å². The molecular formula is C7H7N7. The summed E-state index contributed by atoms with van der Waals surface area (Å²) >= 11 is 0. The molecule has 0 saturated carbocycles. The van der Waals surface area contributed by atoms with E-state index in [0.717, 1.165) is 5.56 Å². The van der Waals surface area contributed by atoms with E-state index >= 15 is 0 Å². The molecule has 1 rings (SSSR count). The first kappa shape index (κ1) is 9.85. The predicted molar refractivity (Wildman–Crippen MR) is 49.9 cm³/mol. The molecule has 7 nitrogen and oxygen atoms in total. The van der Waals surface area contributed by atoms with E-state index in [-0.39, 0.29) is 13.1 Å². The average Bonchev–Trinajstić information content (AvgIpc) is 2.24. The van der Waals surface area contributed by atoms with E-state index in [2.05, 4.69) is 25.0 Å². The number of hydrogen-bond acceptors (Lipinski definition) is 3. The van der Waals surface area contributed by atoms with Gasteiger partial charge in [0, 0.05) is 21.7 Å². The topological polar surface area (TPSA) is 110 Å². The molecule has 0 N–H and O–H groups in total. The highest BCUT2D eigenvalue weighted by Gasteiger charge is 1.94. The van der Waals surface area contributed by atoms with Crippen LogP contribution in [0.15, 0.2) is 28.6 Å². The van der Waals surface area contributed by atoms with Gasteiger partial charge < -0.3 is 0 Å². The van der Waals surface area contributed by atoms with Crippen molar-refractivity contribution in [2.24, 2.45) is 10.2 Å². The van der Waals surface area contributed by atoms with Gasteiger partial charge in [-0.15, -0.1) is 0 Å². The van der Waals surface area contributed by atoms with Crippen LogP contribution in [-0.2, 0) is 13.1 Å². The van der Waals surface area contributed by atoms with Crippen molar-refractivity contribution in [2.75, 3.05) is 0 Å². The Morgan fingerprint density at radius 1 is 1.21 bits per heavy atom. The Morgan fingerprint density at radius 2 is 1.93 bits per heavy atom. The summed E-state index contributed by atoms with van der Waals surface area (Å²) in [6.07, 6.45) is 1.59. The summed E-state index contributed by atoms with van der Waals surface area (Å²) in [6.45, 7) is 0.489. The van der Waals surface area contributed by atoms with Gasteiger partial charge in [-0.1, -0.05) is 10.2 Å². The fourth-order valence-electron chi connectivity index (χ4n) is 0.930. The number of nitrogens with zero attached hydrogens (tertiary/aromatic N) is 7. The number of hydrogen-bond donors (Lipinski definition) is 0. The van der Waals surface area contributed by atoms with Crippen LogP contribution in [0.3, 0.4) is 0 Å². The summed E-state index contributed by atoms with van der Waals surface area (Å²) in [5.41, 5.74) is 17.7. The minimum Gasteiger partial charge on any atom is -0.261 e. The molecule has 7 heteroatoms. The Bertz CT molecular complexity index is 365. The van der Waals surface area contributed by atoms with E-state index in [9.17, 15) is 0 Å². The van der Waals surface area contributed by atoms with Gasteiger partial charge in [-0.2, -0.15) is 0 Å². The minimum atomic E-state index is 0.209. The second-order valence-electron chi connectivity index (χ2n) is 2.43. The van der Waals surface area contributed by atoms with Crippen LogP contribution < -0.4 is 0 Å². The molecule has 0 radical (unpaired) electrons. The Morgan fingerprint density at radius 3 is 2.64 bits per heavy atom. The van der Waals surface area contributed by atoms with Crippen molar-refractivity contribution in [2.45, 2.75) is 13.1 Å². The highest BCUT2D eigenvalue weighted by molar-refractivity contribution is 5.16. The molecule has 0 fully saturated rings. The molecule has 0 bridgehead atoms. The lowest BCUT2D eigenvalue weighted by Gasteiger charge is -1.97. The van der Waals surface area contributed by atoms with E-state index in [4.69, 9.17) is 11.1 Å². The lowest BCUT2D eigenvalue weighted by Crippen LogP contribution is -1.89. The van der Waals surface area contributed by atoms with Crippen molar-refractivity contribution in [3.05, 3.63) is 50.5 Å².